The lowest BCUT2D eigenvalue weighted by Crippen LogP contribution is -2.36. The van der Waals surface area contributed by atoms with Crippen LogP contribution in [0.4, 0.5) is 16.3 Å². The van der Waals surface area contributed by atoms with E-state index in [1.54, 1.807) is 13.2 Å². The average Bonchev–Trinajstić information content (AvgIpc) is 2.95. The highest BCUT2D eigenvalue weighted by molar-refractivity contribution is 6.21. The summed E-state index contributed by atoms with van der Waals surface area (Å²) in [4.78, 5) is 15.9. The van der Waals surface area contributed by atoms with Gasteiger partial charge in [-0.2, -0.15) is 5.10 Å². The summed E-state index contributed by atoms with van der Waals surface area (Å²) in [5, 5.41) is 16.0. The van der Waals surface area contributed by atoms with E-state index in [0.717, 1.165) is 31.6 Å². The van der Waals surface area contributed by atoms with Crippen molar-refractivity contribution in [1.29, 1.82) is 0 Å². The molecule has 1 fully saturated rings. The molecule has 2 heterocycles. The zero-order valence-corrected chi connectivity index (χ0v) is 14.7. The monoisotopic (exact) mass is 358 g/mol. The van der Waals surface area contributed by atoms with Crippen LogP contribution in [-0.4, -0.2) is 56.6 Å². The maximum atomic E-state index is 11.4. The number of nitrogen functional groups attached to an aromatic ring is 1. The minimum Gasteiger partial charge on any atom is -0.396 e. The number of amides is 2. The molecule has 0 radical (unpaired) electrons. The van der Waals surface area contributed by atoms with Crippen LogP contribution in [0.25, 0.3) is 0 Å². The molecule has 0 unspecified atom stereocenters. The zero-order valence-electron chi connectivity index (χ0n) is 14.7. The Morgan fingerprint density at radius 3 is 2.77 bits per heavy atom. The minimum atomic E-state index is -0.656. The fraction of sp³-hybridized carbons (Fsp3) is 0.412. The lowest BCUT2D eigenvalue weighted by molar-refractivity contribution is -0.539. The van der Waals surface area contributed by atoms with Crippen LogP contribution in [0, 0.1) is 5.92 Å². The van der Waals surface area contributed by atoms with Gasteiger partial charge in [0, 0.05) is 38.6 Å². The quantitative estimate of drug-likeness (QED) is 0.448. The summed E-state index contributed by atoms with van der Waals surface area (Å²) in [6, 6.07) is -0.656. The fourth-order valence-electron chi connectivity index (χ4n) is 3.08. The van der Waals surface area contributed by atoms with Gasteiger partial charge in [-0.05, 0) is 12.0 Å². The molecule has 6 N–H and O–H groups in total. The first kappa shape index (κ1) is 17.9. The van der Waals surface area contributed by atoms with E-state index in [-0.39, 0.29) is 6.61 Å². The zero-order chi connectivity index (χ0) is 18.7. The van der Waals surface area contributed by atoms with E-state index in [1.807, 2.05) is 18.2 Å². The Morgan fingerprint density at radius 1 is 1.46 bits per heavy atom. The summed E-state index contributed by atoms with van der Waals surface area (Å²) in [6.07, 6.45) is 9.08. The van der Waals surface area contributed by atoms with Gasteiger partial charge >= 0.3 is 6.03 Å². The highest BCUT2D eigenvalue weighted by Gasteiger charge is 2.25. The van der Waals surface area contributed by atoms with E-state index in [2.05, 4.69) is 20.0 Å². The number of aromatic nitrogens is 2. The van der Waals surface area contributed by atoms with Gasteiger partial charge in [0.15, 0.2) is 0 Å². The highest BCUT2D eigenvalue weighted by Crippen LogP contribution is 2.22. The number of nitrogens with one attached hydrogen (secondary N) is 1. The smallest absolute Gasteiger partial charge is 0.316 e. The first-order valence-electron chi connectivity index (χ1n) is 8.53. The van der Waals surface area contributed by atoms with Crippen LogP contribution >= 0.6 is 0 Å². The van der Waals surface area contributed by atoms with Crippen molar-refractivity contribution in [3.05, 3.63) is 30.1 Å². The standard InChI is InChI=1S/C17H23N7O2/c1-23-16(18)15(9-20-23)21-13-3-2-12(8-14(13)22-17(19)26)24-6-4-11(10-25)5-7-24/h2-3,8-9,11,25H,4-7,10H2,1H3,(H4,18,19,20,22,26)/p+1. The molecule has 0 saturated carbocycles. The van der Waals surface area contributed by atoms with Gasteiger partial charge in [0.05, 0.1) is 17.6 Å². The lowest BCUT2D eigenvalue weighted by Gasteiger charge is -2.20. The van der Waals surface area contributed by atoms with E-state index < -0.39 is 6.03 Å². The molecular formula is C17H24N7O2+. The Hall–Kier alpha value is -2.94. The Labute approximate surface area is 151 Å². The van der Waals surface area contributed by atoms with Crippen LogP contribution in [0.1, 0.15) is 12.8 Å². The van der Waals surface area contributed by atoms with Crippen molar-refractivity contribution in [3.8, 4) is 0 Å². The molecule has 138 valence electrons. The van der Waals surface area contributed by atoms with Crippen LogP contribution in [0.5, 0.6) is 0 Å². The molecular weight excluding hydrogens is 334 g/mol. The Morgan fingerprint density at radius 2 is 2.19 bits per heavy atom. The van der Waals surface area contributed by atoms with Gasteiger partial charge in [-0.3, -0.25) is 4.68 Å². The van der Waals surface area contributed by atoms with Crippen molar-refractivity contribution in [2.24, 2.45) is 23.7 Å². The number of rotatable bonds is 3. The summed E-state index contributed by atoms with van der Waals surface area (Å²) in [5.41, 5.74) is 13.8. The molecule has 1 aliphatic heterocycles. The second kappa shape index (κ2) is 7.52. The van der Waals surface area contributed by atoms with Crippen molar-refractivity contribution in [3.63, 3.8) is 0 Å². The normalized spacial score (nSPS) is 21.8. The molecule has 2 aliphatic rings. The van der Waals surface area contributed by atoms with Gasteiger partial charge in [0.2, 0.25) is 5.71 Å². The Bertz CT molecular complexity index is 822. The topological polar surface area (TPSA) is 135 Å². The van der Waals surface area contributed by atoms with E-state index in [1.165, 1.54) is 4.68 Å². The maximum absolute atomic E-state index is 11.4. The molecule has 0 aromatic carbocycles. The first-order chi connectivity index (χ1) is 12.5. The largest absolute Gasteiger partial charge is 0.396 e. The molecule has 1 aromatic heterocycles. The number of nitrogens with zero attached hydrogens (tertiary/aromatic N) is 4. The van der Waals surface area contributed by atoms with Gasteiger partial charge in [-0.15, -0.1) is 0 Å². The van der Waals surface area contributed by atoms with E-state index in [0.29, 0.717) is 28.8 Å². The SMILES string of the molecule is Cn1ncc(N=C2C=CC(=[N+]3CCC(CO)CC3)C=C2NC(N)=O)c1N. The van der Waals surface area contributed by atoms with Crippen molar-refractivity contribution < 1.29 is 14.5 Å². The van der Waals surface area contributed by atoms with Crippen molar-refractivity contribution >= 4 is 29.0 Å². The van der Waals surface area contributed by atoms with Gasteiger partial charge in [-0.1, -0.05) is 0 Å². The third-order valence-electron chi connectivity index (χ3n) is 4.68. The molecule has 0 bridgehead atoms. The average molecular weight is 358 g/mol. The second-order valence-corrected chi connectivity index (χ2v) is 6.45. The van der Waals surface area contributed by atoms with Crippen LogP contribution in [0.2, 0.25) is 0 Å². The number of carbonyl (C=O) groups is 1. The van der Waals surface area contributed by atoms with Gasteiger partial charge < -0.3 is 21.9 Å². The molecule has 1 saturated heterocycles. The summed E-state index contributed by atoms with van der Waals surface area (Å²) < 4.78 is 3.75. The lowest BCUT2D eigenvalue weighted by atomic mass is 9.98. The minimum absolute atomic E-state index is 0.229. The van der Waals surface area contributed by atoms with Crippen LogP contribution in [0.15, 0.2) is 35.1 Å². The number of aliphatic imine (C=N–C) groups is 1. The van der Waals surface area contributed by atoms with E-state index in [4.69, 9.17) is 11.5 Å². The molecule has 0 spiro atoms. The van der Waals surface area contributed by atoms with Crippen molar-refractivity contribution in [2.75, 3.05) is 25.4 Å². The Balaban J connectivity index is 1.91. The van der Waals surface area contributed by atoms with Crippen molar-refractivity contribution in [1.82, 2.24) is 15.1 Å². The fourth-order valence-corrected chi connectivity index (χ4v) is 3.08. The molecule has 3 rings (SSSR count). The summed E-state index contributed by atoms with van der Waals surface area (Å²) >= 11 is 0. The predicted molar refractivity (Wildman–Crippen MR) is 99.5 cm³/mol. The molecule has 9 nitrogen and oxygen atoms in total. The third kappa shape index (κ3) is 3.83. The maximum Gasteiger partial charge on any atom is 0.316 e. The molecule has 2 amide bonds. The van der Waals surface area contributed by atoms with Crippen molar-refractivity contribution in [2.45, 2.75) is 12.8 Å². The van der Waals surface area contributed by atoms with E-state index in [9.17, 15) is 9.90 Å². The number of piperidine rings is 1. The number of nitrogens with two attached hydrogens (primary N) is 2. The third-order valence-corrected chi connectivity index (χ3v) is 4.68. The van der Waals surface area contributed by atoms with Gasteiger partial charge in [0.25, 0.3) is 0 Å². The molecule has 9 heteroatoms. The van der Waals surface area contributed by atoms with Gasteiger partial charge in [0.1, 0.15) is 24.6 Å². The highest BCUT2D eigenvalue weighted by atomic mass is 16.3. The molecule has 1 aliphatic carbocycles. The number of urea groups is 1. The second-order valence-electron chi connectivity index (χ2n) is 6.45. The van der Waals surface area contributed by atoms with Gasteiger partial charge in [-0.25, -0.2) is 14.4 Å². The number of primary amides is 1. The summed E-state index contributed by atoms with van der Waals surface area (Å²) in [6.45, 7) is 1.94. The predicted octanol–water partition coefficient (Wildman–Crippen LogP) is 0.0526. The first-order valence-corrected chi connectivity index (χ1v) is 8.53. The van der Waals surface area contributed by atoms with Crippen LogP contribution in [-0.2, 0) is 7.05 Å². The Kier molecular flexibility index (Phi) is 5.17. The number of allylic oxidation sites excluding steroid dienone is 3. The van der Waals surface area contributed by atoms with Crippen LogP contribution in [0.3, 0.4) is 0 Å². The number of aryl methyl sites for hydroxylation is 1. The number of aliphatic hydroxyl groups is 1. The molecule has 26 heavy (non-hydrogen) atoms. The van der Waals surface area contributed by atoms with Crippen LogP contribution < -0.4 is 16.8 Å². The summed E-state index contributed by atoms with van der Waals surface area (Å²) in [7, 11) is 1.73. The number of hydrogen-bond acceptors (Lipinski definition) is 5. The number of anilines is 1. The summed E-state index contributed by atoms with van der Waals surface area (Å²) in [5.74, 6) is 0.794. The number of carbonyl (C=O) groups excluding carboxylic acids is 1. The molecule has 1 aromatic rings. The van der Waals surface area contributed by atoms with E-state index >= 15 is 0 Å². The molecule has 0 atom stereocenters. The number of hydrogen-bond donors (Lipinski definition) is 4. The number of aliphatic hydroxyl groups excluding tert-OH is 1.